The molecule has 0 atom stereocenters. The van der Waals surface area contributed by atoms with E-state index in [0.717, 1.165) is 16.9 Å². The van der Waals surface area contributed by atoms with Gasteiger partial charge in [0.2, 0.25) is 5.88 Å². The molecule has 19 heavy (non-hydrogen) atoms. The summed E-state index contributed by atoms with van der Waals surface area (Å²) in [6.07, 6.45) is 0. The fourth-order valence-electron chi connectivity index (χ4n) is 2.06. The molecule has 0 aliphatic heterocycles. The van der Waals surface area contributed by atoms with Crippen molar-refractivity contribution in [3.63, 3.8) is 0 Å². The minimum Gasteiger partial charge on any atom is -0.492 e. The van der Waals surface area contributed by atoms with Gasteiger partial charge in [-0.2, -0.15) is 0 Å². The van der Waals surface area contributed by atoms with Crippen molar-refractivity contribution in [1.82, 2.24) is 9.78 Å². The fraction of sp³-hybridized carbons (Fsp3) is 0.0625. The Morgan fingerprint density at radius 3 is 2.32 bits per heavy atom. The van der Waals surface area contributed by atoms with Gasteiger partial charge in [-0.25, -0.2) is 4.68 Å². The van der Waals surface area contributed by atoms with Crippen LogP contribution in [0.2, 0.25) is 0 Å². The zero-order valence-corrected chi connectivity index (χ0v) is 10.6. The van der Waals surface area contributed by atoms with E-state index in [-0.39, 0.29) is 5.88 Å². The topological polar surface area (TPSA) is 38.1 Å². The molecule has 0 radical (unpaired) electrons. The van der Waals surface area contributed by atoms with E-state index in [1.807, 2.05) is 42.5 Å². The summed E-state index contributed by atoms with van der Waals surface area (Å²) in [5, 5.41) is 13.8. The molecule has 3 rings (SSSR count). The lowest BCUT2D eigenvalue weighted by molar-refractivity contribution is 0.448. The third-order valence-corrected chi connectivity index (χ3v) is 3.04. The Labute approximate surface area is 111 Å². The molecule has 0 spiro atoms. The van der Waals surface area contributed by atoms with Crippen molar-refractivity contribution in [1.29, 1.82) is 0 Å². The maximum atomic E-state index is 9.68. The average Bonchev–Trinajstić information content (AvgIpc) is 2.83. The van der Waals surface area contributed by atoms with Gasteiger partial charge in [0.1, 0.15) is 0 Å². The van der Waals surface area contributed by atoms with Crippen molar-refractivity contribution in [2.24, 2.45) is 0 Å². The molecule has 3 nitrogen and oxygen atoms in total. The number of benzene rings is 2. The normalized spacial score (nSPS) is 10.6. The van der Waals surface area contributed by atoms with Crippen molar-refractivity contribution >= 4 is 0 Å². The van der Waals surface area contributed by atoms with E-state index in [9.17, 15) is 5.11 Å². The Morgan fingerprint density at radius 2 is 1.63 bits per heavy atom. The fourth-order valence-corrected chi connectivity index (χ4v) is 2.06. The first-order valence-electron chi connectivity index (χ1n) is 6.15. The second-order valence-corrected chi connectivity index (χ2v) is 4.50. The lowest BCUT2D eigenvalue weighted by Crippen LogP contribution is -1.98. The highest BCUT2D eigenvalue weighted by molar-refractivity contribution is 5.63. The van der Waals surface area contributed by atoms with E-state index in [1.54, 1.807) is 10.7 Å². The van der Waals surface area contributed by atoms with Crippen molar-refractivity contribution in [3.05, 3.63) is 66.2 Å². The first kappa shape index (κ1) is 11.5. The first-order chi connectivity index (χ1) is 9.24. The Hall–Kier alpha value is -2.55. The molecule has 0 bridgehead atoms. The van der Waals surface area contributed by atoms with Crippen molar-refractivity contribution < 1.29 is 5.11 Å². The first-order valence-corrected chi connectivity index (χ1v) is 6.15. The van der Waals surface area contributed by atoms with Crippen LogP contribution in [0.4, 0.5) is 0 Å². The monoisotopic (exact) mass is 250 g/mol. The van der Waals surface area contributed by atoms with Crippen molar-refractivity contribution in [2.45, 2.75) is 6.92 Å². The second kappa shape index (κ2) is 4.61. The van der Waals surface area contributed by atoms with Crippen molar-refractivity contribution in [2.75, 3.05) is 0 Å². The van der Waals surface area contributed by atoms with Crippen LogP contribution in [0, 0.1) is 6.92 Å². The smallest absolute Gasteiger partial charge is 0.231 e. The predicted molar refractivity (Wildman–Crippen MR) is 75.4 cm³/mol. The van der Waals surface area contributed by atoms with Crippen LogP contribution in [-0.4, -0.2) is 14.9 Å². The molecule has 94 valence electrons. The zero-order chi connectivity index (χ0) is 13.2. The summed E-state index contributed by atoms with van der Waals surface area (Å²) in [6.45, 7) is 2.05. The molecule has 2 aromatic carbocycles. The van der Waals surface area contributed by atoms with Crippen LogP contribution < -0.4 is 0 Å². The largest absolute Gasteiger partial charge is 0.492 e. The molecule has 0 aliphatic carbocycles. The number of hydrogen-bond acceptors (Lipinski definition) is 2. The van der Waals surface area contributed by atoms with Crippen LogP contribution >= 0.6 is 0 Å². The second-order valence-electron chi connectivity index (χ2n) is 4.50. The minimum absolute atomic E-state index is 0.0272. The maximum Gasteiger partial charge on any atom is 0.231 e. The third-order valence-electron chi connectivity index (χ3n) is 3.04. The molecule has 3 aromatic rings. The van der Waals surface area contributed by atoms with Gasteiger partial charge in [0, 0.05) is 11.6 Å². The van der Waals surface area contributed by atoms with Gasteiger partial charge < -0.3 is 5.11 Å². The van der Waals surface area contributed by atoms with E-state index in [4.69, 9.17) is 0 Å². The quantitative estimate of drug-likeness (QED) is 0.755. The highest BCUT2D eigenvalue weighted by Crippen LogP contribution is 2.26. The van der Waals surface area contributed by atoms with Gasteiger partial charge >= 0.3 is 0 Å². The van der Waals surface area contributed by atoms with Gasteiger partial charge in [0.25, 0.3) is 0 Å². The van der Waals surface area contributed by atoms with Gasteiger partial charge in [-0.3, -0.25) is 0 Å². The van der Waals surface area contributed by atoms with E-state index in [0.29, 0.717) is 0 Å². The summed E-state index contributed by atoms with van der Waals surface area (Å²) in [4.78, 5) is 0. The number of aromatic nitrogens is 2. The molecule has 0 saturated carbocycles. The lowest BCUT2D eigenvalue weighted by Gasteiger charge is -2.07. The average molecular weight is 250 g/mol. The highest BCUT2D eigenvalue weighted by atomic mass is 16.3. The molecule has 0 fully saturated rings. The van der Waals surface area contributed by atoms with Gasteiger partial charge in [-0.15, -0.1) is 5.10 Å². The van der Waals surface area contributed by atoms with E-state index in [2.05, 4.69) is 24.2 Å². The lowest BCUT2D eigenvalue weighted by atomic mass is 10.1. The van der Waals surface area contributed by atoms with Crippen LogP contribution in [0.3, 0.4) is 0 Å². The Morgan fingerprint density at radius 1 is 0.947 bits per heavy atom. The number of para-hydroxylation sites is 1. The number of rotatable bonds is 2. The summed E-state index contributed by atoms with van der Waals surface area (Å²) < 4.78 is 1.75. The molecule has 1 aromatic heterocycles. The van der Waals surface area contributed by atoms with Crippen LogP contribution in [0.5, 0.6) is 5.88 Å². The van der Waals surface area contributed by atoms with Gasteiger partial charge in [0.15, 0.2) is 0 Å². The molecule has 3 heteroatoms. The van der Waals surface area contributed by atoms with Gasteiger partial charge in [0.05, 0.1) is 11.4 Å². The van der Waals surface area contributed by atoms with Crippen LogP contribution in [0.1, 0.15) is 5.56 Å². The zero-order valence-electron chi connectivity index (χ0n) is 10.6. The van der Waals surface area contributed by atoms with E-state index in [1.165, 1.54) is 5.56 Å². The summed E-state index contributed by atoms with van der Waals surface area (Å²) in [5.41, 5.74) is 4.04. The van der Waals surface area contributed by atoms with Crippen LogP contribution in [-0.2, 0) is 0 Å². The summed E-state index contributed by atoms with van der Waals surface area (Å²) in [7, 11) is 0. The standard InChI is InChI=1S/C16H14N2O/c1-12-7-9-13(10-8-12)15-11-16(19)17-18(15)14-5-3-2-4-6-14/h2-11H,1H3,(H,17,19). The SMILES string of the molecule is Cc1ccc(-c2cc(O)nn2-c2ccccc2)cc1. The number of aryl methyl sites for hydroxylation is 1. The van der Waals surface area contributed by atoms with E-state index < -0.39 is 0 Å². The number of nitrogens with zero attached hydrogens (tertiary/aromatic N) is 2. The summed E-state index contributed by atoms with van der Waals surface area (Å²) in [6, 6.07) is 19.6. The van der Waals surface area contributed by atoms with Gasteiger partial charge in [-0.1, -0.05) is 48.0 Å². The number of aromatic hydroxyl groups is 1. The molecule has 1 heterocycles. The predicted octanol–water partition coefficient (Wildman–Crippen LogP) is 3.55. The van der Waals surface area contributed by atoms with E-state index >= 15 is 0 Å². The number of hydrogen-bond donors (Lipinski definition) is 1. The van der Waals surface area contributed by atoms with Gasteiger partial charge in [-0.05, 0) is 19.1 Å². The summed E-state index contributed by atoms with van der Waals surface area (Å²) >= 11 is 0. The molecule has 1 N–H and O–H groups in total. The Kier molecular flexibility index (Phi) is 2.80. The minimum atomic E-state index is 0.0272. The molecular formula is C16H14N2O. The molecule has 0 saturated heterocycles. The van der Waals surface area contributed by atoms with Crippen LogP contribution in [0.25, 0.3) is 16.9 Å². The Balaban J connectivity index is 2.15. The highest BCUT2D eigenvalue weighted by Gasteiger charge is 2.10. The Bertz CT molecular complexity index is 685. The van der Waals surface area contributed by atoms with Crippen LogP contribution in [0.15, 0.2) is 60.7 Å². The molecule has 0 amide bonds. The third kappa shape index (κ3) is 2.22. The molecule has 0 aliphatic rings. The summed E-state index contributed by atoms with van der Waals surface area (Å²) in [5.74, 6) is 0.0272. The molecular weight excluding hydrogens is 236 g/mol. The maximum absolute atomic E-state index is 9.68. The molecule has 0 unspecified atom stereocenters. The van der Waals surface area contributed by atoms with Crippen molar-refractivity contribution in [3.8, 4) is 22.8 Å².